The molecule has 1 unspecified atom stereocenters. The molecule has 0 bridgehead atoms. The quantitative estimate of drug-likeness (QED) is 0.233. The summed E-state index contributed by atoms with van der Waals surface area (Å²) >= 11 is 0. The highest BCUT2D eigenvalue weighted by Crippen LogP contribution is 2.38. The average molecular weight is 431 g/mol. The van der Waals surface area contributed by atoms with E-state index in [1.807, 2.05) is 18.2 Å². The van der Waals surface area contributed by atoms with Crippen molar-refractivity contribution >= 4 is 28.5 Å². The summed E-state index contributed by atoms with van der Waals surface area (Å²) in [6.45, 7) is 18.6. The predicted octanol–water partition coefficient (Wildman–Crippen LogP) is 9.12. The Morgan fingerprint density at radius 1 is 1.18 bits per heavy atom. The van der Waals surface area contributed by atoms with E-state index in [0.717, 1.165) is 41.5 Å². The second kappa shape index (κ2) is 10.8. The zero-order valence-electron chi connectivity index (χ0n) is 20.2. The molecule has 1 aliphatic carbocycles. The Bertz CT molecular complexity index is 1260. The van der Waals surface area contributed by atoms with Gasteiger partial charge in [-0.2, -0.15) is 0 Å². The van der Waals surface area contributed by atoms with Gasteiger partial charge >= 0.3 is 0 Å². The molecule has 0 fully saturated rings. The Kier molecular flexibility index (Phi) is 7.92. The van der Waals surface area contributed by atoms with Gasteiger partial charge in [0.25, 0.3) is 0 Å². The third kappa shape index (κ3) is 5.10. The summed E-state index contributed by atoms with van der Waals surface area (Å²) in [5.74, 6) is 3.30. The van der Waals surface area contributed by atoms with Gasteiger partial charge < -0.3 is 0 Å². The van der Waals surface area contributed by atoms with Gasteiger partial charge in [-0.15, -0.1) is 13.0 Å². The fraction of sp³-hybridized carbons (Fsp3) is 0.212. The van der Waals surface area contributed by atoms with E-state index in [1.54, 1.807) is 0 Å². The highest BCUT2D eigenvalue weighted by Gasteiger charge is 2.19. The Balaban J connectivity index is 2.43. The average Bonchev–Trinajstić information content (AvgIpc) is 2.82. The lowest BCUT2D eigenvalue weighted by Crippen LogP contribution is -2.07. The van der Waals surface area contributed by atoms with E-state index >= 15 is 0 Å². The molecular formula is C33H34. The number of allylic oxidation sites excluding steroid dienone is 9. The number of hydrogen-bond acceptors (Lipinski definition) is 0. The van der Waals surface area contributed by atoms with Gasteiger partial charge in [-0.3, -0.25) is 0 Å². The highest BCUT2D eigenvalue weighted by atomic mass is 14.2. The van der Waals surface area contributed by atoms with Gasteiger partial charge in [-0.05, 0) is 100 Å². The molecule has 166 valence electrons. The van der Waals surface area contributed by atoms with Crippen LogP contribution in [0.3, 0.4) is 0 Å². The lowest BCUT2D eigenvalue weighted by Gasteiger charge is -2.23. The van der Waals surface area contributed by atoms with Crippen molar-refractivity contribution < 1.29 is 0 Å². The summed E-state index contributed by atoms with van der Waals surface area (Å²) in [5, 5.41) is 2.47. The summed E-state index contributed by atoms with van der Waals surface area (Å²) in [4.78, 5) is 0. The zero-order valence-corrected chi connectivity index (χ0v) is 20.2. The summed E-state index contributed by atoms with van der Waals surface area (Å²) in [6.07, 6.45) is 23.3. The number of hydrogen-bond donors (Lipinski definition) is 0. The fourth-order valence-corrected chi connectivity index (χ4v) is 4.61. The molecule has 2 aromatic carbocycles. The van der Waals surface area contributed by atoms with Crippen molar-refractivity contribution in [3.8, 4) is 12.3 Å². The molecule has 0 amide bonds. The van der Waals surface area contributed by atoms with Crippen molar-refractivity contribution in [1.82, 2.24) is 0 Å². The van der Waals surface area contributed by atoms with Crippen LogP contribution in [0.25, 0.3) is 28.5 Å². The second-order valence-electron chi connectivity index (χ2n) is 8.68. The van der Waals surface area contributed by atoms with Crippen LogP contribution in [0, 0.1) is 18.3 Å². The van der Waals surface area contributed by atoms with Crippen molar-refractivity contribution in [1.29, 1.82) is 0 Å². The second-order valence-corrected chi connectivity index (χ2v) is 8.68. The summed E-state index contributed by atoms with van der Waals surface area (Å²) in [7, 11) is 0. The summed E-state index contributed by atoms with van der Waals surface area (Å²) in [6, 6.07) is 9.09. The van der Waals surface area contributed by atoms with E-state index < -0.39 is 0 Å². The maximum atomic E-state index is 6.03. The smallest absolute Gasteiger partial charge is 0.0280 e. The maximum absolute atomic E-state index is 6.03. The number of terminal acetylenes is 1. The first-order chi connectivity index (χ1) is 16.0. The lowest BCUT2D eigenvalue weighted by atomic mass is 9.81. The van der Waals surface area contributed by atoms with Gasteiger partial charge in [0.1, 0.15) is 0 Å². The topological polar surface area (TPSA) is 0 Å². The molecule has 0 radical (unpaired) electrons. The van der Waals surface area contributed by atoms with Crippen LogP contribution in [0.4, 0.5) is 0 Å². The van der Waals surface area contributed by atoms with Gasteiger partial charge in [0.05, 0.1) is 0 Å². The van der Waals surface area contributed by atoms with Crippen molar-refractivity contribution in [2.75, 3.05) is 0 Å². The molecule has 3 rings (SSSR count). The van der Waals surface area contributed by atoms with E-state index in [9.17, 15) is 0 Å². The third-order valence-corrected chi connectivity index (χ3v) is 6.25. The molecule has 1 aliphatic rings. The Morgan fingerprint density at radius 3 is 2.61 bits per heavy atom. The number of benzene rings is 2. The minimum atomic E-state index is 0.334. The first-order valence-electron chi connectivity index (χ1n) is 11.7. The fourth-order valence-electron chi connectivity index (χ4n) is 4.61. The SMILES string of the molecule is C#C\C1=C\C(C)Cc2ccc3cc(/C=C\CC)c(C=C)cc3c2/C(C)=C1\C=C(\C=C)CC=C. The molecule has 33 heavy (non-hydrogen) atoms. The van der Waals surface area contributed by atoms with Crippen LogP contribution in [0.15, 0.2) is 91.1 Å². The van der Waals surface area contributed by atoms with Crippen molar-refractivity contribution in [3.05, 3.63) is 113 Å². The molecule has 0 aromatic heterocycles. The van der Waals surface area contributed by atoms with Crippen LogP contribution in [-0.4, -0.2) is 0 Å². The van der Waals surface area contributed by atoms with Crippen LogP contribution in [0.2, 0.25) is 0 Å². The monoisotopic (exact) mass is 430 g/mol. The van der Waals surface area contributed by atoms with Gasteiger partial charge in [0, 0.05) is 5.57 Å². The van der Waals surface area contributed by atoms with Gasteiger partial charge in [0.15, 0.2) is 0 Å². The van der Waals surface area contributed by atoms with E-state index in [0.29, 0.717) is 5.92 Å². The van der Waals surface area contributed by atoms with Crippen LogP contribution in [0.1, 0.15) is 55.9 Å². The normalized spacial score (nSPS) is 20.4. The molecule has 0 N–H and O–H groups in total. The zero-order chi connectivity index (χ0) is 24.0. The number of fused-ring (bicyclic) bond motifs is 3. The van der Waals surface area contributed by atoms with E-state index in [4.69, 9.17) is 6.42 Å². The summed E-state index contributed by atoms with van der Waals surface area (Å²) in [5.41, 5.74) is 9.30. The minimum Gasteiger partial charge on any atom is -0.115 e. The van der Waals surface area contributed by atoms with Crippen LogP contribution in [-0.2, 0) is 6.42 Å². The van der Waals surface area contributed by atoms with E-state index in [-0.39, 0.29) is 0 Å². The van der Waals surface area contributed by atoms with Gasteiger partial charge in [-0.1, -0.05) is 81.5 Å². The molecule has 1 atom stereocenters. The standard InChI is InChI=1S/C33H34/c1-8-13-15-28-21-29-16-17-30-19-23(6)18-27(12-5)31(20-25(10-3)14-9-2)24(7)33(30)32(29)22-26(28)11-4/h5,9-11,13,15-18,20-23H,2-4,8,14,19H2,1,6-7H3/b15-13-,25-20-,27-18-,31-24+. The Hall–Kier alpha value is -3.56. The first kappa shape index (κ1) is 24.1. The van der Waals surface area contributed by atoms with Crippen molar-refractivity contribution in [2.45, 2.75) is 40.0 Å². The van der Waals surface area contributed by atoms with Crippen LogP contribution >= 0.6 is 0 Å². The molecular weight excluding hydrogens is 396 g/mol. The molecule has 0 saturated heterocycles. The Morgan fingerprint density at radius 2 is 1.97 bits per heavy atom. The van der Waals surface area contributed by atoms with E-state index in [2.05, 4.69) is 95.0 Å². The minimum absolute atomic E-state index is 0.334. The lowest BCUT2D eigenvalue weighted by molar-refractivity contribution is 0.718. The first-order valence-corrected chi connectivity index (χ1v) is 11.7. The van der Waals surface area contributed by atoms with Crippen LogP contribution in [0.5, 0.6) is 0 Å². The largest absolute Gasteiger partial charge is 0.115 e. The molecule has 0 nitrogen and oxygen atoms in total. The maximum Gasteiger partial charge on any atom is 0.0280 e. The molecule has 0 aliphatic heterocycles. The number of rotatable bonds is 7. The molecule has 0 heterocycles. The predicted molar refractivity (Wildman–Crippen MR) is 149 cm³/mol. The summed E-state index contributed by atoms with van der Waals surface area (Å²) < 4.78 is 0. The van der Waals surface area contributed by atoms with Gasteiger partial charge in [-0.25, -0.2) is 0 Å². The Labute approximate surface area is 200 Å². The van der Waals surface area contributed by atoms with Crippen molar-refractivity contribution in [2.24, 2.45) is 5.92 Å². The van der Waals surface area contributed by atoms with Crippen molar-refractivity contribution in [3.63, 3.8) is 0 Å². The molecule has 0 saturated carbocycles. The highest BCUT2D eigenvalue weighted by molar-refractivity contribution is 5.99. The van der Waals surface area contributed by atoms with E-state index in [1.165, 1.54) is 33.0 Å². The van der Waals surface area contributed by atoms with Gasteiger partial charge in [0.2, 0.25) is 0 Å². The third-order valence-electron chi connectivity index (χ3n) is 6.25. The molecule has 2 aromatic rings. The molecule has 0 spiro atoms. The molecule has 0 heteroatoms. The van der Waals surface area contributed by atoms with Crippen LogP contribution < -0.4 is 0 Å².